The van der Waals surface area contributed by atoms with E-state index in [1.807, 2.05) is 6.92 Å². The van der Waals surface area contributed by atoms with Crippen LogP contribution in [0.1, 0.15) is 84.5 Å². The quantitative estimate of drug-likeness (QED) is 0.412. The molecule has 3 nitrogen and oxygen atoms in total. The lowest BCUT2D eigenvalue weighted by atomic mass is 10.1. The Kier molecular flexibility index (Phi) is 13.4. The number of carbonyl (C=O) groups is 1. The van der Waals surface area contributed by atoms with Crippen molar-refractivity contribution in [3.05, 3.63) is 0 Å². The summed E-state index contributed by atoms with van der Waals surface area (Å²) in [6.45, 7) is 4.78. The lowest BCUT2D eigenvalue weighted by Gasteiger charge is -2.07. The smallest absolute Gasteiger partial charge is 0.364 e. The average Bonchev–Trinajstić information content (AvgIpc) is 2.43. The molecule has 3 heteroatoms. The van der Waals surface area contributed by atoms with Gasteiger partial charge in [-0.1, -0.05) is 71.6 Å². The zero-order valence-corrected chi connectivity index (χ0v) is 13.1. The van der Waals surface area contributed by atoms with Crippen LogP contribution in [0.4, 0.5) is 0 Å². The summed E-state index contributed by atoms with van der Waals surface area (Å²) < 4.78 is 5.17. The summed E-state index contributed by atoms with van der Waals surface area (Å²) >= 11 is 0. The average molecular weight is 272 g/mol. The molecule has 0 amide bonds. The second-order valence-electron chi connectivity index (χ2n) is 5.45. The molecule has 0 radical (unpaired) electrons. The van der Waals surface area contributed by atoms with Gasteiger partial charge < -0.3 is 10.5 Å². The Morgan fingerprint density at radius 1 is 0.895 bits per heavy atom. The number of rotatable bonds is 13. The van der Waals surface area contributed by atoms with Crippen LogP contribution >= 0.6 is 0 Å². The van der Waals surface area contributed by atoms with Gasteiger partial charge in [0.2, 0.25) is 0 Å². The maximum Gasteiger partial charge on any atom is 0.364 e. The van der Waals surface area contributed by atoms with Crippen LogP contribution in [0.15, 0.2) is 0 Å². The van der Waals surface area contributed by atoms with Crippen LogP contribution in [0.3, 0.4) is 0 Å². The van der Waals surface area contributed by atoms with Crippen molar-refractivity contribution < 1.29 is 15.3 Å². The van der Waals surface area contributed by atoms with E-state index in [0.29, 0.717) is 6.61 Å². The highest BCUT2D eigenvalue weighted by Gasteiger charge is 2.15. The molecular weight excluding hydrogens is 238 g/mol. The number of unbranched alkanes of at least 4 members (excludes halogenated alkanes) is 9. The van der Waals surface area contributed by atoms with E-state index in [9.17, 15) is 4.79 Å². The molecule has 0 bridgehead atoms. The van der Waals surface area contributed by atoms with E-state index >= 15 is 0 Å². The molecular formula is C16H34NO2+. The number of ether oxygens (including phenoxy) is 1. The van der Waals surface area contributed by atoms with Gasteiger partial charge in [0.05, 0.1) is 6.61 Å². The molecule has 0 spiro atoms. The van der Waals surface area contributed by atoms with Gasteiger partial charge in [-0.3, -0.25) is 0 Å². The van der Waals surface area contributed by atoms with E-state index in [0.717, 1.165) is 12.8 Å². The highest BCUT2D eigenvalue weighted by molar-refractivity contribution is 5.73. The highest BCUT2D eigenvalue weighted by Crippen LogP contribution is 2.10. The van der Waals surface area contributed by atoms with Crippen molar-refractivity contribution in [2.45, 2.75) is 90.5 Å². The van der Waals surface area contributed by atoms with Gasteiger partial charge in [0.25, 0.3) is 0 Å². The summed E-state index contributed by atoms with van der Waals surface area (Å²) in [5.74, 6) is -0.140. The van der Waals surface area contributed by atoms with Gasteiger partial charge in [-0.25, -0.2) is 4.79 Å². The van der Waals surface area contributed by atoms with Crippen molar-refractivity contribution >= 4 is 5.97 Å². The largest absolute Gasteiger partial charge is 0.461 e. The fraction of sp³-hybridized carbons (Fsp3) is 0.938. The van der Waals surface area contributed by atoms with Gasteiger partial charge in [0.15, 0.2) is 6.04 Å². The maximum atomic E-state index is 11.3. The van der Waals surface area contributed by atoms with Crippen molar-refractivity contribution in [1.82, 2.24) is 0 Å². The van der Waals surface area contributed by atoms with Crippen LogP contribution in [0, 0.1) is 0 Å². The van der Waals surface area contributed by atoms with Crippen molar-refractivity contribution in [3.63, 3.8) is 0 Å². The van der Waals surface area contributed by atoms with Crippen LogP contribution in [-0.4, -0.2) is 18.6 Å². The number of hydrogen-bond donors (Lipinski definition) is 1. The first-order chi connectivity index (χ1) is 9.22. The Hall–Kier alpha value is -0.570. The van der Waals surface area contributed by atoms with Crippen LogP contribution in [0.5, 0.6) is 0 Å². The van der Waals surface area contributed by atoms with Crippen LogP contribution < -0.4 is 5.73 Å². The molecule has 0 saturated carbocycles. The van der Waals surface area contributed by atoms with E-state index in [-0.39, 0.29) is 12.0 Å². The second-order valence-corrected chi connectivity index (χ2v) is 5.45. The van der Waals surface area contributed by atoms with E-state index in [4.69, 9.17) is 4.74 Å². The summed E-state index contributed by atoms with van der Waals surface area (Å²) in [7, 11) is 0. The zero-order chi connectivity index (χ0) is 14.3. The predicted molar refractivity (Wildman–Crippen MR) is 79.8 cm³/mol. The topological polar surface area (TPSA) is 53.9 Å². The fourth-order valence-electron chi connectivity index (χ4n) is 2.05. The molecule has 0 aliphatic rings. The van der Waals surface area contributed by atoms with Crippen molar-refractivity contribution in [3.8, 4) is 0 Å². The van der Waals surface area contributed by atoms with Crippen LogP contribution in [0.25, 0.3) is 0 Å². The van der Waals surface area contributed by atoms with E-state index in [1.165, 1.54) is 57.8 Å². The Balaban J connectivity index is 3.13. The number of esters is 1. The molecule has 114 valence electrons. The molecule has 0 aromatic carbocycles. The summed E-state index contributed by atoms with van der Waals surface area (Å²) in [5, 5.41) is 0. The minimum Gasteiger partial charge on any atom is -0.461 e. The first kappa shape index (κ1) is 18.4. The molecule has 1 atom stereocenters. The normalized spacial score (nSPS) is 12.4. The summed E-state index contributed by atoms with van der Waals surface area (Å²) in [6.07, 6.45) is 13.8. The van der Waals surface area contributed by atoms with Crippen LogP contribution in [0.2, 0.25) is 0 Å². The maximum absolute atomic E-state index is 11.3. The van der Waals surface area contributed by atoms with Crippen molar-refractivity contribution in [2.24, 2.45) is 0 Å². The standard InChI is InChI=1S/C16H33NO2/c1-3-5-6-7-8-9-10-11-12-13-14-19-16(18)15(17)4-2/h15H,3-14,17H2,1-2H3/p+1. The summed E-state index contributed by atoms with van der Waals surface area (Å²) in [5.41, 5.74) is 3.75. The minimum atomic E-state index is -0.192. The molecule has 3 N–H and O–H groups in total. The first-order valence-electron chi connectivity index (χ1n) is 8.22. The monoisotopic (exact) mass is 272 g/mol. The molecule has 0 aromatic heterocycles. The highest BCUT2D eigenvalue weighted by atomic mass is 16.5. The third kappa shape index (κ3) is 12.2. The molecule has 0 aliphatic carbocycles. The number of carbonyl (C=O) groups excluding carboxylic acids is 1. The molecule has 1 unspecified atom stereocenters. The number of hydrogen-bond acceptors (Lipinski definition) is 2. The third-order valence-electron chi connectivity index (χ3n) is 3.57. The van der Waals surface area contributed by atoms with E-state index in [2.05, 4.69) is 12.7 Å². The van der Waals surface area contributed by atoms with E-state index in [1.54, 1.807) is 0 Å². The van der Waals surface area contributed by atoms with Gasteiger partial charge in [0.1, 0.15) is 0 Å². The summed E-state index contributed by atoms with van der Waals surface area (Å²) in [4.78, 5) is 11.3. The summed E-state index contributed by atoms with van der Waals surface area (Å²) in [6, 6.07) is -0.192. The van der Waals surface area contributed by atoms with Gasteiger partial charge in [-0.15, -0.1) is 0 Å². The molecule has 0 heterocycles. The molecule has 0 aliphatic heterocycles. The molecule has 0 rings (SSSR count). The van der Waals surface area contributed by atoms with Gasteiger partial charge in [-0.2, -0.15) is 0 Å². The molecule has 0 fully saturated rings. The first-order valence-corrected chi connectivity index (χ1v) is 8.22. The van der Waals surface area contributed by atoms with Gasteiger partial charge in [0, 0.05) is 6.42 Å². The number of quaternary nitrogens is 1. The van der Waals surface area contributed by atoms with Gasteiger partial charge in [-0.05, 0) is 6.42 Å². The molecule has 0 aromatic rings. The van der Waals surface area contributed by atoms with Crippen molar-refractivity contribution in [2.75, 3.05) is 6.61 Å². The molecule has 0 saturated heterocycles. The fourth-order valence-corrected chi connectivity index (χ4v) is 2.05. The van der Waals surface area contributed by atoms with Crippen molar-refractivity contribution in [1.29, 1.82) is 0 Å². The predicted octanol–water partition coefficient (Wildman–Crippen LogP) is 3.47. The minimum absolute atomic E-state index is 0.140. The Labute approximate surface area is 119 Å². The van der Waals surface area contributed by atoms with E-state index < -0.39 is 0 Å². The molecule has 19 heavy (non-hydrogen) atoms. The zero-order valence-electron chi connectivity index (χ0n) is 13.1. The van der Waals surface area contributed by atoms with Gasteiger partial charge >= 0.3 is 5.97 Å². The van der Waals surface area contributed by atoms with Crippen LogP contribution in [-0.2, 0) is 9.53 Å². The third-order valence-corrected chi connectivity index (χ3v) is 3.57. The lowest BCUT2D eigenvalue weighted by molar-refractivity contribution is -0.408. The Morgan fingerprint density at radius 3 is 1.84 bits per heavy atom. The lowest BCUT2D eigenvalue weighted by Crippen LogP contribution is -2.65. The second kappa shape index (κ2) is 13.9. The Bertz CT molecular complexity index is 207. The SMILES string of the molecule is CCCCCCCCCCCCOC(=O)C([NH3+])CC. The Morgan fingerprint density at radius 2 is 1.37 bits per heavy atom.